The van der Waals surface area contributed by atoms with Crippen molar-refractivity contribution in [2.75, 3.05) is 11.9 Å². The van der Waals surface area contributed by atoms with Crippen molar-refractivity contribution in [1.29, 1.82) is 0 Å². The molecule has 3 aromatic rings. The number of hydrogen-bond acceptors (Lipinski definition) is 6. The van der Waals surface area contributed by atoms with Gasteiger partial charge in [-0.3, -0.25) is 9.59 Å². The Morgan fingerprint density at radius 2 is 1.88 bits per heavy atom. The van der Waals surface area contributed by atoms with Crippen molar-refractivity contribution in [2.24, 2.45) is 0 Å². The average Bonchev–Trinajstić information content (AvgIpc) is 3.13. The van der Waals surface area contributed by atoms with Gasteiger partial charge in [-0.1, -0.05) is 29.7 Å². The Hall–Kier alpha value is -3.52. The lowest BCUT2D eigenvalue weighted by molar-refractivity contribution is -0.116. The highest BCUT2D eigenvalue weighted by molar-refractivity contribution is 6.33. The van der Waals surface area contributed by atoms with Gasteiger partial charge in [-0.25, -0.2) is 9.18 Å². The molecule has 0 fully saturated rings. The van der Waals surface area contributed by atoms with E-state index in [-0.39, 0.29) is 33.5 Å². The van der Waals surface area contributed by atoms with E-state index in [0.717, 1.165) is 6.42 Å². The zero-order valence-electron chi connectivity index (χ0n) is 17.4. The van der Waals surface area contributed by atoms with Crippen molar-refractivity contribution in [3.8, 4) is 11.3 Å². The lowest BCUT2D eigenvalue weighted by Gasteiger charge is -2.08. The van der Waals surface area contributed by atoms with E-state index in [4.69, 9.17) is 20.9 Å². The summed E-state index contributed by atoms with van der Waals surface area (Å²) in [5, 5.41) is 6.51. The van der Waals surface area contributed by atoms with Crippen LogP contribution in [0.2, 0.25) is 5.02 Å². The number of esters is 1. The lowest BCUT2D eigenvalue weighted by atomic mass is 10.1. The Morgan fingerprint density at radius 3 is 2.53 bits per heavy atom. The molecule has 2 aromatic carbocycles. The maximum atomic E-state index is 14.3. The summed E-state index contributed by atoms with van der Waals surface area (Å²) in [5.41, 5.74) is 0.549. The van der Waals surface area contributed by atoms with E-state index < -0.39 is 24.2 Å². The molecule has 0 aliphatic rings. The number of hydrogen-bond donors (Lipinski definition) is 1. The van der Waals surface area contributed by atoms with Crippen molar-refractivity contribution >= 4 is 34.9 Å². The highest BCUT2D eigenvalue weighted by Crippen LogP contribution is 2.33. The largest absolute Gasteiger partial charge is 0.454 e. The van der Waals surface area contributed by atoms with Gasteiger partial charge in [-0.05, 0) is 49.7 Å². The van der Waals surface area contributed by atoms with Crippen LogP contribution in [0.1, 0.15) is 46.2 Å². The number of amides is 1. The third kappa shape index (κ3) is 5.20. The summed E-state index contributed by atoms with van der Waals surface area (Å²) in [6, 6.07) is 10.3. The highest BCUT2D eigenvalue weighted by atomic mass is 35.5. The number of halogens is 2. The van der Waals surface area contributed by atoms with Gasteiger partial charge in [0.25, 0.3) is 0 Å². The van der Waals surface area contributed by atoms with Crippen LogP contribution in [-0.4, -0.2) is 29.4 Å². The summed E-state index contributed by atoms with van der Waals surface area (Å²) in [5.74, 6) is -2.04. The summed E-state index contributed by atoms with van der Waals surface area (Å²) < 4.78 is 24.4. The molecule has 0 radical (unpaired) electrons. The van der Waals surface area contributed by atoms with Crippen LogP contribution in [0.5, 0.6) is 0 Å². The van der Waals surface area contributed by atoms with E-state index in [1.807, 2.05) is 6.92 Å². The Bertz CT molecular complexity index is 1140. The van der Waals surface area contributed by atoms with Crippen LogP contribution in [0.3, 0.4) is 0 Å². The van der Waals surface area contributed by atoms with Gasteiger partial charge in [0.05, 0.1) is 10.6 Å². The Labute approximate surface area is 188 Å². The predicted molar refractivity (Wildman–Crippen MR) is 116 cm³/mol. The number of benzene rings is 2. The Morgan fingerprint density at radius 1 is 1.16 bits per heavy atom. The first-order valence-electron chi connectivity index (χ1n) is 9.82. The predicted octanol–water partition coefficient (Wildman–Crippen LogP) is 5.22. The monoisotopic (exact) mass is 458 g/mol. The molecule has 166 valence electrons. The molecular weight excluding hydrogens is 439 g/mol. The maximum absolute atomic E-state index is 14.3. The second-order valence-corrected chi connectivity index (χ2v) is 7.34. The third-order valence-corrected chi connectivity index (χ3v) is 4.88. The van der Waals surface area contributed by atoms with Crippen molar-refractivity contribution in [3.05, 3.63) is 70.2 Å². The van der Waals surface area contributed by atoms with Gasteiger partial charge >= 0.3 is 5.97 Å². The number of nitrogens with one attached hydrogen (secondary N) is 1. The van der Waals surface area contributed by atoms with E-state index in [1.54, 1.807) is 12.1 Å². The fraction of sp³-hybridized carbons (Fsp3) is 0.217. The Balaban J connectivity index is 1.70. The first kappa shape index (κ1) is 23.1. The van der Waals surface area contributed by atoms with Gasteiger partial charge in [-0.15, -0.1) is 0 Å². The zero-order chi connectivity index (χ0) is 23.3. The number of rotatable bonds is 8. The average molecular weight is 459 g/mol. The van der Waals surface area contributed by atoms with E-state index in [1.165, 1.54) is 37.3 Å². The van der Waals surface area contributed by atoms with Gasteiger partial charge in [-0.2, -0.15) is 0 Å². The first-order chi connectivity index (χ1) is 15.3. The van der Waals surface area contributed by atoms with Gasteiger partial charge in [0.2, 0.25) is 5.91 Å². The maximum Gasteiger partial charge on any atom is 0.344 e. The molecule has 7 nitrogen and oxygen atoms in total. The number of nitrogens with zero attached hydrogens (tertiary/aromatic N) is 1. The smallest absolute Gasteiger partial charge is 0.344 e. The lowest BCUT2D eigenvalue weighted by Crippen LogP contribution is -2.15. The fourth-order valence-corrected chi connectivity index (χ4v) is 3.24. The number of Topliss-reactive ketones (excluding diaryl/α,β-unsaturated/α-hetero) is 1. The van der Waals surface area contributed by atoms with Crippen molar-refractivity contribution in [3.63, 3.8) is 0 Å². The van der Waals surface area contributed by atoms with Crippen LogP contribution in [0, 0.1) is 12.7 Å². The SMILES string of the molecule is CCCC(=O)Nc1ccc(C(=O)COC(=O)c2c(-c3c(F)cccc3Cl)noc2C)cc1. The summed E-state index contributed by atoms with van der Waals surface area (Å²) >= 11 is 6.07. The number of ether oxygens (including phenoxy) is 1. The van der Waals surface area contributed by atoms with Crippen molar-refractivity contribution in [2.45, 2.75) is 26.7 Å². The van der Waals surface area contributed by atoms with Crippen molar-refractivity contribution < 1.29 is 28.0 Å². The minimum atomic E-state index is -0.894. The topological polar surface area (TPSA) is 98.5 Å². The van der Waals surface area contributed by atoms with Crippen LogP contribution in [0.25, 0.3) is 11.3 Å². The van der Waals surface area contributed by atoms with E-state index >= 15 is 0 Å². The number of carbonyl (C=O) groups excluding carboxylic acids is 3. The Kier molecular flexibility index (Phi) is 7.37. The van der Waals surface area contributed by atoms with Crippen LogP contribution >= 0.6 is 11.6 Å². The minimum absolute atomic E-state index is 0.0505. The third-order valence-electron chi connectivity index (χ3n) is 4.57. The van der Waals surface area contributed by atoms with Gasteiger partial charge in [0, 0.05) is 17.7 Å². The van der Waals surface area contributed by atoms with Gasteiger partial charge in [0.15, 0.2) is 12.4 Å². The fourth-order valence-electron chi connectivity index (χ4n) is 2.98. The number of aryl methyl sites for hydroxylation is 1. The second kappa shape index (κ2) is 10.2. The van der Waals surface area contributed by atoms with E-state index in [9.17, 15) is 18.8 Å². The molecule has 0 unspecified atom stereocenters. The molecule has 1 N–H and O–H groups in total. The molecule has 0 saturated carbocycles. The number of ketones is 1. The first-order valence-corrected chi connectivity index (χ1v) is 10.2. The highest BCUT2D eigenvalue weighted by Gasteiger charge is 2.27. The molecule has 9 heteroatoms. The molecule has 1 aromatic heterocycles. The normalized spacial score (nSPS) is 10.6. The molecule has 1 heterocycles. The molecular formula is C23H20ClFN2O5. The number of carbonyl (C=O) groups is 3. The van der Waals surface area contributed by atoms with Crippen LogP contribution in [-0.2, 0) is 9.53 Å². The number of aromatic nitrogens is 1. The molecule has 3 rings (SSSR count). The van der Waals surface area contributed by atoms with Crippen molar-refractivity contribution in [1.82, 2.24) is 5.16 Å². The molecule has 0 atom stereocenters. The molecule has 1 amide bonds. The molecule has 32 heavy (non-hydrogen) atoms. The van der Waals surface area contributed by atoms with Gasteiger partial charge < -0.3 is 14.6 Å². The van der Waals surface area contributed by atoms with E-state index in [2.05, 4.69) is 10.5 Å². The summed E-state index contributed by atoms with van der Waals surface area (Å²) in [6.07, 6.45) is 1.13. The van der Waals surface area contributed by atoms with Gasteiger partial charge in [0.1, 0.15) is 22.8 Å². The quantitative estimate of drug-likeness (QED) is 0.367. The second-order valence-electron chi connectivity index (χ2n) is 6.93. The molecule has 0 aliphatic carbocycles. The number of anilines is 1. The summed E-state index contributed by atoms with van der Waals surface area (Å²) in [4.78, 5) is 36.7. The molecule has 0 bridgehead atoms. The summed E-state index contributed by atoms with van der Waals surface area (Å²) in [6.45, 7) is 2.82. The molecule has 0 aliphatic heterocycles. The molecule has 0 saturated heterocycles. The van der Waals surface area contributed by atoms with E-state index in [0.29, 0.717) is 17.7 Å². The van der Waals surface area contributed by atoms with Crippen LogP contribution in [0.4, 0.5) is 10.1 Å². The summed E-state index contributed by atoms with van der Waals surface area (Å²) in [7, 11) is 0. The standard InChI is InChI=1S/C23H20ClFN2O5/c1-3-5-19(29)26-15-10-8-14(9-11-15)18(28)12-31-23(30)20-13(2)32-27-22(20)21-16(24)6-4-7-17(21)25/h4,6-11H,3,5,12H2,1-2H3,(H,26,29). The zero-order valence-corrected chi connectivity index (χ0v) is 18.2. The minimum Gasteiger partial charge on any atom is -0.454 e. The van der Waals surface area contributed by atoms with Crippen LogP contribution < -0.4 is 5.32 Å². The molecule has 0 spiro atoms. The van der Waals surface area contributed by atoms with Crippen LogP contribution in [0.15, 0.2) is 47.0 Å².